The molecule has 0 aliphatic carbocycles. The molecule has 0 radical (unpaired) electrons. The van der Waals surface area contributed by atoms with Gasteiger partial charge in [0.1, 0.15) is 5.82 Å². The molecule has 0 atom stereocenters. The number of nitrogens with zero attached hydrogens (tertiary/aromatic N) is 1. The molecule has 5 heteroatoms. The van der Waals surface area contributed by atoms with Gasteiger partial charge in [0.05, 0.1) is 24.6 Å². The van der Waals surface area contributed by atoms with Crippen molar-refractivity contribution in [3.05, 3.63) is 53.7 Å². The van der Waals surface area contributed by atoms with Gasteiger partial charge >= 0.3 is 5.97 Å². The summed E-state index contributed by atoms with van der Waals surface area (Å²) >= 11 is 0. The van der Waals surface area contributed by atoms with E-state index in [0.29, 0.717) is 0 Å². The Labute approximate surface area is 102 Å². The van der Waals surface area contributed by atoms with E-state index < -0.39 is 17.6 Å². The number of methoxy groups -OCH3 is 1. The molecule has 1 aromatic carbocycles. The SMILES string of the molecule is COC(=O)c1cc(-c2ccccc2F)ncc1F. The van der Waals surface area contributed by atoms with Crippen LogP contribution in [0.25, 0.3) is 11.3 Å². The van der Waals surface area contributed by atoms with E-state index in [1.165, 1.54) is 24.3 Å². The fourth-order valence-electron chi connectivity index (χ4n) is 1.52. The number of carbonyl (C=O) groups is 1. The van der Waals surface area contributed by atoms with Gasteiger partial charge in [0.25, 0.3) is 0 Å². The predicted octanol–water partition coefficient (Wildman–Crippen LogP) is 2.81. The molecule has 0 saturated heterocycles. The van der Waals surface area contributed by atoms with Crippen LogP contribution in [0.4, 0.5) is 8.78 Å². The first-order valence-corrected chi connectivity index (χ1v) is 5.12. The lowest BCUT2D eigenvalue weighted by Gasteiger charge is -2.05. The number of rotatable bonds is 2. The van der Waals surface area contributed by atoms with E-state index in [-0.39, 0.29) is 16.8 Å². The minimum absolute atomic E-state index is 0.176. The van der Waals surface area contributed by atoms with E-state index in [9.17, 15) is 13.6 Å². The van der Waals surface area contributed by atoms with Crippen molar-refractivity contribution in [1.82, 2.24) is 4.98 Å². The van der Waals surface area contributed by atoms with Crippen LogP contribution in [0.2, 0.25) is 0 Å². The highest BCUT2D eigenvalue weighted by Gasteiger charge is 2.15. The van der Waals surface area contributed by atoms with Crippen molar-refractivity contribution in [1.29, 1.82) is 0 Å². The Kier molecular flexibility index (Phi) is 3.32. The lowest BCUT2D eigenvalue weighted by Crippen LogP contribution is -2.05. The fourth-order valence-corrected chi connectivity index (χ4v) is 1.52. The Balaban J connectivity index is 2.54. The normalized spacial score (nSPS) is 10.2. The number of carbonyl (C=O) groups excluding carboxylic acids is 1. The van der Waals surface area contributed by atoms with Crippen molar-refractivity contribution in [2.24, 2.45) is 0 Å². The van der Waals surface area contributed by atoms with Gasteiger partial charge in [0, 0.05) is 5.56 Å². The summed E-state index contributed by atoms with van der Waals surface area (Å²) in [4.78, 5) is 15.1. The summed E-state index contributed by atoms with van der Waals surface area (Å²) in [7, 11) is 1.14. The van der Waals surface area contributed by atoms with Crippen LogP contribution in [0.15, 0.2) is 36.5 Å². The topological polar surface area (TPSA) is 39.2 Å². The Morgan fingerprint density at radius 1 is 1.22 bits per heavy atom. The van der Waals surface area contributed by atoms with E-state index in [2.05, 4.69) is 9.72 Å². The summed E-state index contributed by atoms with van der Waals surface area (Å²) in [6, 6.07) is 7.08. The van der Waals surface area contributed by atoms with Gasteiger partial charge in [0.15, 0.2) is 5.82 Å². The molecule has 1 aromatic heterocycles. The maximum atomic E-state index is 13.5. The quantitative estimate of drug-likeness (QED) is 0.768. The van der Waals surface area contributed by atoms with Crippen LogP contribution in [-0.4, -0.2) is 18.1 Å². The smallest absolute Gasteiger partial charge is 0.340 e. The Morgan fingerprint density at radius 2 is 1.94 bits per heavy atom. The number of aromatic nitrogens is 1. The average Bonchev–Trinajstić information content (AvgIpc) is 2.39. The molecule has 0 bridgehead atoms. The maximum absolute atomic E-state index is 13.5. The van der Waals surface area contributed by atoms with E-state index in [1.807, 2.05) is 0 Å². The van der Waals surface area contributed by atoms with Crippen LogP contribution in [0, 0.1) is 11.6 Å². The molecule has 18 heavy (non-hydrogen) atoms. The molecule has 92 valence electrons. The second kappa shape index (κ2) is 4.91. The molecule has 0 aliphatic heterocycles. The van der Waals surface area contributed by atoms with E-state index in [1.54, 1.807) is 6.07 Å². The van der Waals surface area contributed by atoms with Crippen molar-refractivity contribution in [2.45, 2.75) is 0 Å². The van der Waals surface area contributed by atoms with Gasteiger partial charge in [-0.05, 0) is 18.2 Å². The lowest BCUT2D eigenvalue weighted by atomic mass is 10.1. The summed E-state index contributed by atoms with van der Waals surface area (Å²) in [6.45, 7) is 0. The number of halogens is 2. The highest BCUT2D eigenvalue weighted by Crippen LogP contribution is 2.22. The summed E-state index contributed by atoms with van der Waals surface area (Å²) in [6.07, 6.45) is 0.869. The Hall–Kier alpha value is -2.30. The van der Waals surface area contributed by atoms with Crippen LogP contribution in [0.5, 0.6) is 0 Å². The van der Waals surface area contributed by atoms with E-state index >= 15 is 0 Å². The highest BCUT2D eigenvalue weighted by atomic mass is 19.1. The standard InChI is InChI=1S/C13H9F2NO2/c1-18-13(17)9-6-12(16-7-11(9)15)8-4-2-3-5-10(8)14/h2-7H,1H3. The van der Waals surface area contributed by atoms with E-state index in [0.717, 1.165) is 13.3 Å². The second-order valence-electron chi connectivity index (χ2n) is 3.52. The molecule has 0 saturated carbocycles. The van der Waals surface area contributed by atoms with Gasteiger partial charge in [-0.3, -0.25) is 4.98 Å². The van der Waals surface area contributed by atoms with Crippen LogP contribution in [-0.2, 0) is 4.74 Å². The van der Waals surface area contributed by atoms with Gasteiger partial charge in [-0.25, -0.2) is 13.6 Å². The number of benzene rings is 1. The minimum atomic E-state index is -0.826. The first-order chi connectivity index (χ1) is 8.63. The van der Waals surface area contributed by atoms with Gasteiger partial charge < -0.3 is 4.74 Å². The van der Waals surface area contributed by atoms with Crippen molar-refractivity contribution in [3.63, 3.8) is 0 Å². The molecular weight excluding hydrogens is 240 g/mol. The highest BCUT2D eigenvalue weighted by molar-refractivity contribution is 5.90. The molecule has 1 heterocycles. The van der Waals surface area contributed by atoms with Crippen molar-refractivity contribution >= 4 is 5.97 Å². The zero-order valence-electron chi connectivity index (χ0n) is 9.48. The van der Waals surface area contributed by atoms with Gasteiger partial charge in [-0.1, -0.05) is 12.1 Å². The fraction of sp³-hybridized carbons (Fsp3) is 0.0769. The average molecular weight is 249 g/mol. The predicted molar refractivity (Wildman–Crippen MR) is 60.9 cm³/mol. The van der Waals surface area contributed by atoms with Crippen molar-refractivity contribution in [2.75, 3.05) is 7.11 Å². The maximum Gasteiger partial charge on any atom is 0.340 e. The van der Waals surface area contributed by atoms with Crippen LogP contribution < -0.4 is 0 Å². The van der Waals surface area contributed by atoms with Crippen molar-refractivity contribution in [3.8, 4) is 11.3 Å². The Morgan fingerprint density at radius 3 is 2.61 bits per heavy atom. The van der Waals surface area contributed by atoms with Gasteiger partial charge in [-0.15, -0.1) is 0 Å². The van der Waals surface area contributed by atoms with Crippen LogP contribution in [0.3, 0.4) is 0 Å². The molecular formula is C13H9F2NO2. The number of esters is 1. The molecule has 0 N–H and O–H groups in total. The van der Waals surface area contributed by atoms with Gasteiger partial charge in [-0.2, -0.15) is 0 Å². The largest absolute Gasteiger partial charge is 0.465 e. The van der Waals surface area contributed by atoms with Crippen LogP contribution in [0.1, 0.15) is 10.4 Å². The first kappa shape index (κ1) is 12.2. The zero-order valence-corrected chi connectivity index (χ0v) is 9.48. The summed E-state index contributed by atoms with van der Waals surface area (Å²) < 4.78 is 31.3. The minimum Gasteiger partial charge on any atom is -0.465 e. The first-order valence-electron chi connectivity index (χ1n) is 5.12. The summed E-state index contributed by atoms with van der Waals surface area (Å²) in [5.74, 6) is -2.12. The molecule has 2 aromatic rings. The second-order valence-corrected chi connectivity index (χ2v) is 3.52. The third-order valence-corrected chi connectivity index (χ3v) is 2.41. The molecule has 0 spiro atoms. The number of pyridine rings is 1. The van der Waals surface area contributed by atoms with E-state index in [4.69, 9.17) is 0 Å². The third-order valence-electron chi connectivity index (χ3n) is 2.41. The van der Waals surface area contributed by atoms with Crippen molar-refractivity contribution < 1.29 is 18.3 Å². The molecule has 0 fully saturated rings. The summed E-state index contributed by atoms with van der Waals surface area (Å²) in [5, 5.41) is 0. The van der Waals surface area contributed by atoms with Gasteiger partial charge in [0.2, 0.25) is 0 Å². The number of hydrogen-bond acceptors (Lipinski definition) is 3. The lowest BCUT2D eigenvalue weighted by molar-refractivity contribution is 0.0595. The monoisotopic (exact) mass is 249 g/mol. The number of hydrogen-bond donors (Lipinski definition) is 0. The molecule has 0 amide bonds. The summed E-state index contributed by atoms with van der Waals surface area (Å²) in [5.41, 5.74) is 0.100. The number of ether oxygens (including phenoxy) is 1. The molecule has 3 nitrogen and oxygen atoms in total. The third kappa shape index (κ3) is 2.20. The molecule has 0 unspecified atom stereocenters. The van der Waals surface area contributed by atoms with Crippen LogP contribution >= 0.6 is 0 Å². The zero-order chi connectivity index (χ0) is 13.1. The molecule has 0 aliphatic rings. The Bertz CT molecular complexity index is 599. The molecule has 2 rings (SSSR count).